The van der Waals surface area contributed by atoms with Crippen molar-refractivity contribution in [1.29, 1.82) is 0 Å². The highest BCUT2D eigenvalue weighted by Crippen LogP contribution is 2.69. The predicted molar refractivity (Wildman–Crippen MR) is 231 cm³/mol. The maximum atomic E-state index is 12.1. The Labute approximate surface area is 341 Å². The van der Waals surface area contributed by atoms with Crippen molar-refractivity contribution >= 4 is 47.4 Å². The van der Waals surface area contributed by atoms with E-state index in [2.05, 4.69) is 52.8 Å². The highest BCUT2D eigenvalue weighted by atomic mass is 32.2. The van der Waals surface area contributed by atoms with Gasteiger partial charge in [0, 0.05) is 0 Å². The van der Waals surface area contributed by atoms with E-state index < -0.39 is 20.2 Å². The zero-order chi connectivity index (χ0) is 40.5. The quantitative estimate of drug-likeness (QED) is 0.154. The Balaban J connectivity index is 1.11. The van der Waals surface area contributed by atoms with E-state index in [0.29, 0.717) is 33.4 Å². The second kappa shape index (κ2) is 15.2. The molecule has 0 heterocycles. The lowest BCUT2D eigenvalue weighted by atomic mass is 9.44. The van der Waals surface area contributed by atoms with Gasteiger partial charge in [0.25, 0.3) is 20.2 Å². The first-order chi connectivity index (χ1) is 27.0. The Morgan fingerprint density at radius 2 is 1.28 bits per heavy atom. The molecule has 4 aliphatic rings. The van der Waals surface area contributed by atoms with Crippen molar-refractivity contribution in [3.05, 3.63) is 90.0 Å². The molecule has 4 fully saturated rings. The molecule has 0 aromatic heterocycles. The van der Waals surface area contributed by atoms with Crippen LogP contribution in [-0.4, -0.2) is 25.9 Å². The van der Waals surface area contributed by atoms with E-state index in [1.165, 1.54) is 88.5 Å². The molecule has 0 spiro atoms. The molecule has 8 heteroatoms. The summed E-state index contributed by atoms with van der Waals surface area (Å²) in [5, 5.41) is 3.16. The fourth-order valence-electron chi connectivity index (χ4n) is 13.3. The molecule has 6 nitrogen and oxygen atoms in total. The summed E-state index contributed by atoms with van der Waals surface area (Å²) in [6.45, 7) is 12.6. The van der Waals surface area contributed by atoms with Crippen LogP contribution in [0.15, 0.2) is 88.7 Å². The summed E-state index contributed by atoms with van der Waals surface area (Å²) in [5.41, 5.74) is 3.77. The SMILES string of the molecule is CC(C)CCC[C@@H](C)[C@H]1CC[C@H]2[C@@H]3CC[C@@H]4C[C@@H](C=C(c5cccc6cc(S(=O)(=O)O)ccc56)c5cccc6cc(S(=O)(=O)O)ccc56)CC[C@]4(C)[C@H]3CC[C@]12C. The highest BCUT2D eigenvalue weighted by molar-refractivity contribution is 7.86. The van der Waals surface area contributed by atoms with Gasteiger partial charge in [0.1, 0.15) is 0 Å². The molecular formula is C49H62O6S2. The van der Waals surface area contributed by atoms with Crippen LogP contribution in [0.5, 0.6) is 0 Å². The second-order valence-corrected chi connectivity index (χ2v) is 22.5. The molecule has 0 unspecified atom stereocenters. The number of hydrogen-bond donors (Lipinski definition) is 2. The minimum atomic E-state index is -4.38. The van der Waals surface area contributed by atoms with Gasteiger partial charge in [0.05, 0.1) is 9.79 Å². The van der Waals surface area contributed by atoms with Crippen LogP contribution in [0, 0.1) is 58.2 Å². The van der Waals surface area contributed by atoms with Crippen molar-refractivity contribution in [1.82, 2.24) is 0 Å². The normalized spacial score (nSPS) is 30.8. The van der Waals surface area contributed by atoms with Gasteiger partial charge in [-0.1, -0.05) is 108 Å². The summed E-state index contributed by atoms with van der Waals surface area (Å²) in [7, 11) is -8.76. The Hall–Kier alpha value is -3.04. The zero-order valence-electron chi connectivity index (χ0n) is 34.5. The first-order valence-electron chi connectivity index (χ1n) is 21.7. The maximum Gasteiger partial charge on any atom is 0.294 e. The van der Waals surface area contributed by atoms with Crippen LogP contribution < -0.4 is 0 Å². The van der Waals surface area contributed by atoms with E-state index in [-0.39, 0.29) is 9.79 Å². The molecule has 0 aliphatic heterocycles. The van der Waals surface area contributed by atoms with Crippen molar-refractivity contribution in [2.24, 2.45) is 58.2 Å². The van der Waals surface area contributed by atoms with Gasteiger partial charge in [-0.3, -0.25) is 9.11 Å². The number of benzene rings is 4. The first kappa shape index (κ1) is 40.7. The summed E-state index contributed by atoms with van der Waals surface area (Å²) in [4.78, 5) is -0.287. The van der Waals surface area contributed by atoms with Crippen LogP contribution in [0.3, 0.4) is 0 Å². The lowest BCUT2D eigenvalue weighted by molar-refractivity contribution is -0.118. The molecule has 8 rings (SSSR count). The van der Waals surface area contributed by atoms with E-state index in [1.807, 2.05) is 24.3 Å². The van der Waals surface area contributed by atoms with Gasteiger partial charge in [-0.15, -0.1) is 0 Å². The number of fused-ring (bicyclic) bond motifs is 7. The molecule has 57 heavy (non-hydrogen) atoms. The fraction of sp³-hybridized carbons (Fsp3) is 0.551. The molecule has 4 aromatic rings. The lowest BCUT2D eigenvalue weighted by Crippen LogP contribution is -2.53. The van der Waals surface area contributed by atoms with Crippen LogP contribution in [0.1, 0.15) is 123 Å². The van der Waals surface area contributed by atoms with Gasteiger partial charge in [-0.05, 0) is 178 Å². The fourth-order valence-corrected chi connectivity index (χ4v) is 14.4. The summed E-state index contributed by atoms with van der Waals surface area (Å²) < 4.78 is 68.1. The van der Waals surface area contributed by atoms with E-state index in [1.54, 1.807) is 12.1 Å². The van der Waals surface area contributed by atoms with Crippen molar-refractivity contribution in [2.45, 2.75) is 121 Å². The molecule has 0 saturated heterocycles. The zero-order valence-corrected chi connectivity index (χ0v) is 36.1. The smallest absolute Gasteiger partial charge is 0.282 e. The molecule has 0 amide bonds. The molecule has 4 saturated carbocycles. The monoisotopic (exact) mass is 810 g/mol. The molecule has 4 aromatic carbocycles. The molecule has 4 aliphatic carbocycles. The van der Waals surface area contributed by atoms with E-state index in [0.717, 1.165) is 75.8 Å². The number of rotatable bonds is 10. The topological polar surface area (TPSA) is 109 Å². The van der Waals surface area contributed by atoms with Gasteiger partial charge in [-0.25, -0.2) is 0 Å². The van der Waals surface area contributed by atoms with E-state index >= 15 is 0 Å². The van der Waals surface area contributed by atoms with Gasteiger partial charge >= 0.3 is 0 Å². The third-order valence-electron chi connectivity index (χ3n) is 16.2. The van der Waals surface area contributed by atoms with Crippen LogP contribution in [-0.2, 0) is 20.2 Å². The first-order valence-corrected chi connectivity index (χ1v) is 24.6. The van der Waals surface area contributed by atoms with Crippen LogP contribution >= 0.6 is 0 Å². The van der Waals surface area contributed by atoms with Gasteiger partial charge in [-0.2, -0.15) is 16.8 Å². The average Bonchev–Trinajstić information content (AvgIpc) is 3.52. The Kier molecular flexibility index (Phi) is 10.9. The van der Waals surface area contributed by atoms with Crippen LogP contribution in [0.2, 0.25) is 0 Å². The molecule has 9 atom stereocenters. The molecule has 306 valence electrons. The average molecular weight is 811 g/mol. The van der Waals surface area contributed by atoms with Crippen LogP contribution in [0.25, 0.3) is 27.1 Å². The van der Waals surface area contributed by atoms with Crippen molar-refractivity contribution < 1.29 is 25.9 Å². The molecule has 0 radical (unpaired) electrons. The van der Waals surface area contributed by atoms with E-state index in [9.17, 15) is 25.9 Å². The largest absolute Gasteiger partial charge is 0.294 e. The summed E-state index contributed by atoms with van der Waals surface area (Å²) in [6.07, 6.45) is 18.2. The lowest BCUT2D eigenvalue weighted by Gasteiger charge is -2.61. The Bertz CT molecular complexity index is 2300. The van der Waals surface area contributed by atoms with Crippen molar-refractivity contribution in [2.75, 3.05) is 0 Å². The predicted octanol–water partition coefficient (Wildman–Crippen LogP) is 12.7. The van der Waals surface area contributed by atoms with Crippen LogP contribution in [0.4, 0.5) is 0 Å². The molecular weight excluding hydrogens is 749 g/mol. The minimum absolute atomic E-state index is 0.143. The third-order valence-corrected chi connectivity index (χ3v) is 17.9. The Morgan fingerprint density at radius 1 is 0.702 bits per heavy atom. The van der Waals surface area contributed by atoms with Gasteiger partial charge in [0.2, 0.25) is 0 Å². The minimum Gasteiger partial charge on any atom is -0.282 e. The summed E-state index contributed by atoms with van der Waals surface area (Å²) in [5.74, 6) is 5.95. The van der Waals surface area contributed by atoms with Crippen molar-refractivity contribution in [3.8, 4) is 0 Å². The third kappa shape index (κ3) is 7.55. The van der Waals surface area contributed by atoms with Gasteiger partial charge in [0.15, 0.2) is 0 Å². The summed E-state index contributed by atoms with van der Waals surface area (Å²) >= 11 is 0. The van der Waals surface area contributed by atoms with E-state index in [4.69, 9.17) is 0 Å². The van der Waals surface area contributed by atoms with Gasteiger partial charge < -0.3 is 0 Å². The standard InChI is InChI=1S/C49H62O6S2/c1-31(2)9-6-10-32(3)45-21-22-46-43-18-15-36-27-33(23-25-48(36,4)47(43)24-26-49(45,46)5)28-44(41-13-7-11-34-29-37(56(50,51)52)16-19-39(34)41)42-14-8-12-35-30-38(57(53,54)55)17-20-40(35)42/h7-8,11-14,16-17,19-20,28-33,36,43,45-47H,6,9-10,15,18,21-27H2,1-5H3,(H,50,51,52)(H,53,54,55)/t32-,33+,36-,43+,45-,46+,47+,48+,49-/m1/s1. The highest BCUT2D eigenvalue weighted by Gasteiger charge is 2.60. The second-order valence-electron chi connectivity index (χ2n) is 19.6. The van der Waals surface area contributed by atoms with Crippen molar-refractivity contribution in [3.63, 3.8) is 0 Å². The summed E-state index contributed by atoms with van der Waals surface area (Å²) in [6, 6.07) is 21.2. The number of hydrogen-bond acceptors (Lipinski definition) is 4. The molecule has 0 bridgehead atoms. The Morgan fingerprint density at radius 3 is 1.86 bits per heavy atom. The maximum absolute atomic E-state index is 12.1. The molecule has 2 N–H and O–H groups in total. The number of allylic oxidation sites excluding steroid dienone is 1.